The molecule has 2 aromatic heterocycles. The highest BCUT2D eigenvalue weighted by Crippen LogP contribution is 2.42. The van der Waals surface area contributed by atoms with Gasteiger partial charge in [0.2, 0.25) is 0 Å². The number of hydrogen-bond acceptors (Lipinski definition) is 6. The van der Waals surface area contributed by atoms with Crippen LogP contribution in [0.3, 0.4) is 0 Å². The van der Waals surface area contributed by atoms with Gasteiger partial charge in [0, 0.05) is 24.2 Å². The van der Waals surface area contributed by atoms with Crippen molar-refractivity contribution in [2.24, 2.45) is 0 Å². The number of hydrogen-bond donors (Lipinski definition) is 1. The van der Waals surface area contributed by atoms with E-state index < -0.39 is 30.0 Å². The van der Waals surface area contributed by atoms with Crippen LogP contribution >= 0.6 is 0 Å². The number of halogens is 5. The van der Waals surface area contributed by atoms with Crippen LogP contribution < -0.4 is 14.8 Å². The third kappa shape index (κ3) is 3.93. The second-order valence-corrected chi connectivity index (χ2v) is 8.00. The first-order chi connectivity index (χ1) is 16.0. The molecule has 1 aromatic carbocycles. The summed E-state index contributed by atoms with van der Waals surface area (Å²) in [5.41, 5.74) is -0.413. The number of anilines is 1. The number of ether oxygens (including phenoxy) is 2. The van der Waals surface area contributed by atoms with E-state index in [1.807, 2.05) is 0 Å². The van der Waals surface area contributed by atoms with E-state index in [2.05, 4.69) is 24.9 Å². The minimum absolute atomic E-state index is 0.0690. The third-order valence-electron chi connectivity index (χ3n) is 5.62. The average Bonchev–Trinajstić information content (AvgIpc) is 3.30. The molecule has 0 unspecified atom stereocenters. The molecule has 3 heterocycles. The van der Waals surface area contributed by atoms with E-state index in [-0.39, 0.29) is 47.1 Å². The van der Waals surface area contributed by atoms with Gasteiger partial charge in [0.05, 0.1) is 11.7 Å². The topological polar surface area (TPSA) is 78.3 Å². The van der Waals surface area contributed by atoms with E-state index in [1.165, 1.54) is 30.5 Å². The Morgan fingerprint density at radius 1 is 1.12 bits per heavy atom. The number of fused-ring (bicyclic) bond motifs is 2. The fraction of sp³-hybridized carbons (Fsp3) is 0.318. The molecule has 2 aliphatic rings. The zero-order chi connectivity index (χ0) is 24.3. The summed E-state index contributed by atoms with van der Waals surface area (Å²) in [6.07, 6.45) is -6.45. The van der Waals surface area contributed by atoms with E-state index >= 15 is 0 Å². The summed E-state index contributed by atoms with van der Waals surface area (Å²) in [5, 5.41) is 6.79. The number of rotatable bonds is 4. The lowest BCUT2D eigenvalue weighted by atomic mass is 9.94. The molecule has 1 atom stereocenters. The number of alkyl halides is 5. The van der Waals surface area contributed by atoms with Crippen LogP contribution in [0.1, 0.15) is 53.1 Å². The molecule has 0 radical (unpaired) electrons. The van der Waals surface area contributed by atoms with Gasteiger partial charge in [-0.15, -0.1) is 8.78 Å². The quantitative estimate of drug-likeness (QED) is 0.511. The Hall–Kier alpha value is -3.70. The second kappa shape index (κ2) is 7.67. The van der Waals surface area contributed by atoms with Crippen LogP contribution in [-0.4, -0.2) is 26.8 Å². The predicted molar refractivity (Wildman–Crippen MR) is 108 cm³/mol. The number of Topliss-reactive ketones (excluding diaryl/α,β-unsaturated/α-hetero) is 1. The molecule has 7 nitrogen and oxygen atoms in total. The number of nitrogens with one attached hydrogen (secondary N) is 1. The van der Waals surface area contributed by atoms with Crippen molar-refractivity contribution in [2.45, 2.75) is 44.7 Å². The van der Waals surface area contributed by atoms with Crippen molar-refractivity contribution in [3.63, 3.8) is 0 Å². The minimum atomic E-state index is -4.69. The number of ketones is 1. The van der Waals surface area contributed by atoms with Crippen molar-refractivity contribution >= 4 is 11.6 Å². The molecule has 0 saturated carbocycles. The van der Waals surface area contributed by atoms with Gasteiger partial charge in [0.1, 0.15) is 11.5 Å². The van der Waals surface area contributed by atoms with Crippen molar-refractivity contribution in [3.8, 4) is 17.2 Å². The Bertz CT molecular complexity index is 1290. The molecular weight excluding hydrogens is 463 g/mol. The molecule has 1 aliphatic heterocycles. The number of nitrogens with zero attached hydrogens (tertiary/aromatic N) is 3. The fourth-order valence-corrected chi connectivity index (χ4v) is 4.10. The van der Waals surface area contributed by atoms with Crippen LogP contribution in [0.15, 0.2) is 36.5 Å². The van der Waals surface area contributed by atoms with Crippen molar-refractivity contribution in [1.29, 1.82) is 0 Å². The highest BCUT2D eigenvalue weighted by atomic mass is 19.4. The summed E-state index contributed by atoms with van der Waals surface area (Å²) in [6, 6.07) is 6.80. The van der Waals surface area contributed by atoms with Crippen molar-refractivity contribution in [1.82, 2.24) is 14.8 Å². The zero-order valence-corrected chi connectivity index (χ0v) is 17.6. The molecule has 0 fully saturated rings. The van der Waals surface area contributed by atoms with E-state index in [1.54, 1.807) is 13.0 Å². The first-order valence-corrected chi connectivity index (χ1v) is 10.4. The smallest absolute Gasteiger partial charge is 0.395 e. The molecule has 0 bridgehead atoms. The van der Waals surface area contributed by atoms with E-state index in [0.29, 0.717) is 12.0 Å². The van der Waals surface area contributed by atoms with Crippen LogP contribution in [-0.2, 0) is 12.6 Å². The third-order valence-corrected chi connectivity index (χ3v) is 5.62. The highest BCUT2D eigenvalue weighted by molar-refractivity contribution is 5.97. The maximum Gasteiger partial charge on any atom is 0.586 e. The molecule has 12 heteroatoms. The average molecular weight is 480 g/mol. The van der Waals surface area contributed by atoms with E-state index in [4.69, 9.17) is 0 Å². The Morgan fingerprint density at radius 3 is 2.65 bits per heavy atom. The van der Waals surface area contributed by atoms with Gasteiger partial charge in [-0.2, -0.15) is 18.3 Å². The summed E-state index contributed by atoms with van der Waals surface area (Å²) in [6.45, 7) is 1.74. The van der Waals surface area contributed by atoms with Crippen LogP contribution in [0.5, 0.6) is 11.5 Å². The standard InChI is InChI=1S/C22H17F5N4O3/c1-11(12-5-6-16-17(9-12)34-22(26,27)33-16)29-18-10-13(7-8-28-18)31-19-14(3-2-4-15(19)32)20(30-31)21(23,24)25/h5-11H,2-4H2,1H3,(H,28,29)/t11-/m0/s1. The molecule has 3 aromatic rings. The zero-order valence-electron chi connectivity index (χ0n) is 17.6. The summed E-state index contributed by atoms with van der Waals surface area (Å²) in [4.78, 5) is 16.6. The monoisotopic (exact) mass is 480 g/mol. The number of carbonyl (C=O) groups excluding carboxylic acids is 1. The van der Waals surface area contributed by atoms with Crippen LogP contribution in [0.2, 0.25) is 0 Å². The van der Waals surface area contributed by atoms with Gasteiger partial charge in [0.25, 0.3) is 0 Å². The summed E-state index contributed by atoms with van der Waals surface area (Å²) in [7, 11) is 0. The lowest BCUT2D eigenvalue weighted by Gasteiger charge is -2.17. The van der Waals surface area contributed by atoms with E-state index in [0.717, 1.165) is 4.68 Å². The molecule has 0 saturated heterocycles. The Morgan fingerprint density at radius 2 is 1.88 bits per heavy atom. The molecule has 0 amide bonds. The first kappa shape index (κ1) is 22.1. The molecule has 178 valence electrons. The molecule has 0 spiro atoms. The summed E-state index contributed by atoms with van der Waals surface area (Å²) >= 11 is 0. The van der Waals surface area contributed by atoms with Gasteiger partial charge in [-0.25, -0.2) is 9.67 Å². The Kier molecular flexibility index (Phi) is 4.99. The number of benzene rings is 1. The number of pyridine rings is 1. The maximum atomic E-state index is 13.5. The molecular formula is C22H17F5N4O3. The predicted octanol–water partition coefficient (Wildman–Crippen LogP) is 5.30. The minimum Gasteiger partial charge on any atom is -0.395 e. The Labute approximate surface area is 189 Å². The number of carbonyl (C=O) groups is 1. The van der Waals surface area contributed by atoms with E-state index in [9.17, 15) is 26.7 Å². The van der Waals surface area contributed by atoms with Crippen LogP contribution in [0.4, 0.5) is 27.8 Å². The largest absolute Gasteiger partial charge is 0.586 e. The van der Waals surface area contributed by atoms with Crippen LogP contribution in [0.25, 0.3) is 5.69 Å². The lowest BCUT2D eigenvalue weighted by molar-refractivity contribution is -0.286. The van der Waals surface area contributed by atoms with Gasteiger partial charge >= 0.3 is 12.5 Å². The van der Waals surface area contributed by atoms with Crippen molar-refractivity contribution in [2.75, 3.05) is 5.32 Å². The Balaban J connectivity index is 1.44. The fourth-order valence-electron chi connectivity index (χ4n) is 4.10. The highest BCUT2D eigenvalue weighted by Gasteiger charge is 2.44. The summed E-state index contributed by atoms with van der Waals surface area (Å²) in [5.74, 6) is -0.316. The maximum absolute atomic E-state index is 13.5. The molecule has 5 rings (SSSR count). The second-order valence-electron chi connectivity index (χ2n) is 8.00. The van der Waals surface area contributed by atoms with Gasteiger partial charge in [-0.3, -0.25) is 4.79 Å². The first-order valence-electron chi connectivity index (χ1n) is 10.4. The lowest BCUT2D eigenvalue weighted by Crippen LogP contribution is -2.25. The number of aromatic nitrogens is 3. The van der Waals surface area contributed by atoms with Gasteiger partial charge < -0.3 is 14.8 Å². The van der Waals surface area contributed by atoms with Gasteiger partial charge in [-0.05, 0) is 43.5 Å². The normalized spacial score (nSPS) is 17.4. The molecule has 34 heavy (non-hydrogen) atoms. The molecule has 1 aliphatic carbocycles. The van der Waals surface area contributed by atoms with Crippen LogP contribution in [0, 0.1) is 0 Å². The van der Waals surface area contributed by atoms with Gasteiger partial charge in [0.15, 0.2) is 23.0 Å². The molecule has 1 N–H and O–H groups in total. The van der Waals surface area contributed by atoms with Gasteiger partial charge in [-0.1, -0.05) is 6.07 Å². The van der Waals surface area contributed by atoms with Crippen molar-refractivity contribution in [3.05, 3.63) is 59.0 Å². The SMILES string of the molecule is C[C@H](Nc1cc(-n2nc(C(F)(F)F)c3c2C(=O)CCC3)ccn1)c1ccc2c(c1)OC(F)(F)O2. The van der Waals surface area contributed by atoms with Crippen molar-refractivity contribution < 1.29 is 36.2 Å². The summed E-state index contributed by atoms with van der Waals surface area (Å²) < 4.78 is 77.0.